The Morgan fingerprint density at radius 3 is 2.93 bits per heavy atom. The Balaban J connectivity index is 2.86. The molecule has 0 saturated carbocycles. The summed E-state index contributed by atoms with van der Waals surface area (Å²) >= 11 is 10.9. The average Bonchev–Trinajstić information content (AvgIpc) is 2.57. The van der Waals surface area contributed by atoms with Crippen LogP contribution in [0.25, 0.3) is 10.1 Å². The zero-order valence-corrected chi connectivity index (χ0v) is 10.2. The van der Waals surface area contributed by atoms with Crippen LogP contribution in [-0.4, -0.2) is 0 Å². The van der Waals surface area contributed by atoms with Crippen LogP contribution >= 0.6 is 38.9 Å². The van der Waals surface area contributed by atoms with E-state index in [1.807, 2.05) is 18.2 Å². The third-order valence-corrected chi connectivity index (χ3v) is 4.00. The highest BCUT2D eigenvalue weighted by atomic mass is 79.9. The molecule has 70 valence electrons. The number of benzene rings is 1. The molecule has 1 nitrogen and oxygen atoms in total. The number of fused-ring (bicyclic) bond motifs is 1. The van der Waals surface area contributed by atoms with Gasteiger partial charge >= 0.3 is 0 Å². The summed E-state index contributed by atoms with van der Waals surface area (Å²) in [5.41, 5.74) is 1.78. The zero-order chi connectivity index (χ0) is 10.1. The highest BCUT2D eigenvalue weighted by Gasteiger charge is 2.08. The maximum Gasteiger partial charge on any atom is 0.0998 e. The van der Waals surface area contributed by atoms with Gasteiger partial charge in [0.2, 0.25) is 0 Å². The van der Waals surface area contributed by atoms with Gasteiger partial charge in [-0.3, -0.25) is 0 Å². The first-order chi connectivity index (χ1) is 6.76. The van der Waals surface area contributed by atoms with Gasteiger partial charge in [0.05, 0.1) is 15.4 Å². The van der Waals surface area contributed by atoms with Crippen molar-refractivity contribution in [2.45, 2.75) is 5.88 Å². The van der Waals surface area contributed by atoms with E-state index in [9.17, 15) is 0 Å². The molecule has 0 aliphatic heterocycles. The number of nitrogens with zero attached hydrogens (tertiary/aromatic N) is 1. The third-order valence-electron chi connectivity index (χ3n) is 2.00. The minimum Gasteiger partial charge on any atom is -0.192 e. The number of nitriles is 1. The van der Waals surface area contributed by atoms with Crippen molar-refractivity contribution in [3.63, 3.8) is 0 Å². The Morgan fingerprint density at radius 1 is 1.50 bits per heavy atom. The lowest BCUT2D eigenvalue weighted by Crippen LogP contribution is -1.81. The molecule has 0 amide bonds. The molecular weight excluding hydrogens is 282 g/mol. The first kappa shape index (κ1) is 9.97. The maximum absolute atomic E-state index is 8.91. The van der Waals surface area contributed by atoms with E-state index >= 15 is 0 Å². The molecule has 0 unspecified atom stereocenters. The molecule has 0 fully saturated rings. The van der Waals surface area contributed by atoms with E-state index in [-0.39, 0.29) is 0 Å². The number of hydrogen-bond acceptors (Lipinski definition) is 2. The second kappa shape index (κ2) is 3.90. The third kappa shape index (κ3) is 1.54. The van der Waals surface area contributed by atoms with Gasteiger partial charge in [-0.05, 0) is 33.6 Å². The van der Waals surface area contributed by atoms with Crippen LogP contribution in [0.4, 0.5) is 0 Å². The van der Waals surface area contributed by atoms with Gasteiger partial charge in [-0.25, -0.2) is 0 Å². The molecule has 1 heterocycles. The van der Waals surface area contributed by atoms with Crippen molar-refractivity contribution in [1.29, 1.82) is 5.26 Å². The van der Waals surface area contributed by atoms with Crippen molar-refractivity contribution in [2.75, 3.05) is 0 Å². The SMILES string of the molecule is N#Cc1ccc(CCl)c2sc(Br)cc12. The fourth-order valence-corrected chi connectivity index (χ4v) is 3.29. The molecule has 0 bridgehead atoms. The Kier molecular flexibility index (Phi) is 2.78. The van der Waals surface area contributed by atoms with Crippen LogP contribution in [0.1, 0.15) is 11.1 Å². The van der Waals surface area contributed by atoms with Gasteiger partial charge in [-0.1, -0.05) is 6.07 Å². The van der Waals surface area contributed by atoms with Crippen molar-refractivity contribution in [3.8, 4) is 6.07 Å². The molecule has 0 aliphatic carbocycles. The summed E-state index contributed by atoms with van der Waals surface area (Å²) in [4.78, 5) is 0. The van der Waals surface area contributed by atoms with E-state index in [2.05, 4.69) is 22.0 Å². The van der Waals surface area contributed by atoms with E-state index in [0.717, 1.165) is 19.4 Å². The summed E-state index contributed by atoms with van der Waals surface area (Å²) in [6, 6.07) is 7.88. The molecular formula is C10H5BrClNS. The Labute approximate surface area is 99.0 Å². The highest BCUT2D eigenvalue weighted by molar-refractivity contribution is 9.11. The van der Waals surface area contributed by atoms with Crippen molar-refractivity contribution in [2.24, 2.45) is 0 Å². The number of alkyl halides is 1. The molecule has 0 saturated heterocycles. The lowest BCUT2D eigenvalue weighted by Gasteiger charge is -1.98. The Bertz CT molecular complexity index is 527. The van der Waals surface area contributed by atoms with Crippen molar-refractivity contribution < 1.29 is 0 Å². The second-order valence-corrected chi connectivity index (χ2v) is 5.51. The first-order valence-electron chi connectivity index (χ1n) is 3.93. The molecule has 0 N–H and O–H groups in total. The van der Waals surface area contributed by atoms with Crippen LogP contribution in [0.5, 0.6) is 0 Å². The predicted octanol–water partition coefficient (Wildman–Crippen LogP) is 4.27. The zero-order valence-electron chi connectivity index (χ0n) is 7.05. The molecule has 4 heteroatoms. The summed E-state index contributed by atoms with van der Waals surface area (Å²) < 4.78 is 2.13. The minimum absolute atomic E-state index is 0.481. The fourth-order valence-electron chi connectivity index (χ4n) is 1.35. The summed E-state index contributed by atoms with van der Waals surface area (Å²) in [6.45, 7) is 0. The molecule has 2 rings (SSSR count). The average molecular weight is 287 g/mol. The topological polar surface area (TPSA) is 23.8 Å². The van der Waals surface area contributed by atoms with Gasteiger partial charge in [0.25, 0.3) is 0 Å². The van der Waals surface area contributed by atoms with Gasteiger partial charge in [0.1, 0.15) is 0 Å². The summed E-state index contributed by atoms with van der Waals surface area (Å²) in [7, 11) is 0. The Hall–Kier alpha value is -0.560. The largest absolute Gasteiger partial charge is 0.192 e. The molecule has 2 aromatic rings. The molecule has 0 aliphatic rings. The van der Waals surface area contributed by atoms with E-state index in [0.29, 0.717) is 11.4 Å². The number of rotatable bonds is 1. The van der Waals surface area contributed by atoms with E-state index in [1.165, 1.54) is 0 Å². The second-order valence-electron chi connectivity index (χ2n) is 2.81. The van der Waals surface area contributed by atoms with Crippen LogP contribution in [0.2, 0.25) is 0 Å². The van der Waals surface area contributed by atoms with Gasteiger partial charge < -0.3 is 0 Å². The fraction of sp³-hybridized carbons (Fsp3) is 0.100. The van der Waals surface area contributed by atoms with Crippen molar-refractivity contribution in [3.05, 3.63) is 33.1 Å². The minimum atomic E-state index is 0.481. The standard InChI is InChI=1S/C10H5BrClNS/c11-9-3-8-7(5-13)2-1-6(4-12)10(8)14-9/h1-3H,4H2. The molecule has 14 heavy (non-hydrogen) atoms. The number of hydrogen-bond donors (Lipinski definition) is 0. The van der Waals surface area contributed by atoms with Gasteiger partial charge in [0.15, 0.2) is 0 Å². The summed E-state index contributed by atoms with van der Waals surface area (Å²) in [6.07, 6.45) is 0. The van der Waals surface area contributed by atoms with Crippen LogP contribution in [-0.2, 0) is 5.88 Å². The summed E-state index contributed by atoms with van der Waals surface area (Å²) in [5, 5.41) is 9.90. The first-order valence-corrected chi connectivity index (χ1v) is 6.07. The molecule has 1 aromatic heterocycles. The lowest BCUT2D eigenvalue weighted by atomic mass is 10.1. The molecule has 0 radical (unpaired) electrons. The quantitative estimate of drug-likeness (QED) is 0.718. The van der Waals surface area contributed by atoms with Gasteiger partial charge in [0, 0.05) is 16.0 Å². The van der Waals surface area contributed by atoms with E-state index < -0.39 is 0 Å². The number of thiophene rings is 1. The smallest absolute Gasteiger partial charge is 0.0998 e. The van der Waals surface area contributed by atoms with Gasteiger partial charge in [-0.2, -0.15) is 5.26 Å². The normalized spacial score (nSPS) is 10.4. The van der Waals surface area contributed by atoms with Crippen LogP contribution in [0.3, 0.4) is 0 Å². The van der Waals surface area contributed by atoms with Crippen molar-refractivity contribution >= 4 is 49.0 Å². The maximum atomic E-state index is 8.91. The van der Waals surface area contributed by atoms with Gasteiger partial charge in [-0.15, -0.1) is 22.9 Å². The van der Waals surface area contributed by atoms with Crippen LogP contribution in [0, 0.1) is 11.3 Å². The number of halogens is 2. The Morgan fingerprint density at radius 2 is 2.29 bits per heavy atom. The predicted molar refractivity (Wildman–Crippen MR) is 63.8 cm³/mol. The van der Waals surface area contributed by atoms with Crippen molar-refractivity contribution in [1.82, 2.24) is 0 Å². The summed E-state index contributed by atoms with van der Waals surface area (Å²) in [5.74, 6) is 0.481. The van der Waals surface area contributed by atoms with Crippen LogP contribution < -0.4 is 0 Å². The van der Waals surface area contributed by atoms with Crippen LogP contribution in [0.15, 0.2) is 22.0 Å². The highest BCUT2D eigenvalue weighted by Crippen LogP contribution is 2.34. The molecule has 0 spiro atoms. The van der Waals surface area contributed by atoms with E-state index in [4.69, 9.17) is 16.9 Å². The monoisotopic (exact) mass is 285 g/mol. The lowest BCUT2D eigenvalue weighted by molar-refractivity contribution is 1.45. The molecule has 1 aromatic carbocycles. The molecule has 0 atom stereocenters. The van der Waals surface area contributed by atoms with E-state index in [1.54, 1.807) is 11.3 Å².